The number of benzene rings is 1. The van der Waals surface area contributed by atoms with E-state index < -0.39 is 22.1 Å². The van der Waals surface area contributed by atoms with Gasteiger partial charge in [0.15, 0.2) is 0 Å². The van der Waals surface area contributed by atoms with Gasteiger partial charge in [-0.3, -0.25) is 0 Å². The van der Waals surface area contributed by atoms with Crippen LogP contribution >= 0.6 is 0 Å². The average Bonchev–Trinajstić information content (AvgIpc) is 2.38. The molecular formula is C13H18N2O5S. The second-order valence-electron chi connectivity index (χ2n) is 4.45. The Balaban J connectivity index is 3.06. The predicted octanol–water partition coefficient (Wildman–Crippen LogP) is 2.17. The van der Waals surface area contributed by atoms with Gasteiger partial charge in [0.05, 0.1) is 4.90 Å². The number of hydrogen-bond donors (Lipinski definition) is 2. The van der Waals surface area contributed by atoms with E-state index in [0.717, 1.165) is 12.0 Å². The van der Waals surface area contributed by atoms with Crippen molar-refractivity contribution in [1.29, 1.82) is 0 Å². The smallest absolute Gasteiger partial charge is 0.430 e. The quantitative estimate of drug-likeness (QED) is 0.811. The van der Waals surface area contributed by atoms with Crippen molar-refractivity contribution in [1.82, 2.24) is 9.62 Å². The highest BCUT2D eigenvalue weighted by Gasteiger charge is 2.35. The first-order chi connectivity index (χ1) is 9.80. The number of carboxylic acid groups (broad SMARTS) is 1. The van der Waals surface area contributed by atoms with Crippen LogP contribution in [0, 0.1) is 6.92 Å². The summed E-state index contributed by atoms with van der Waals surface area (Å²) in [5.74, 6) is 0. The van der Waals surface area contributed by atoms with E-state index >= 15 is 0 Å². The lowest BCUT2D eigenvalue weighted by molar-refractivity contribution is 0.170. The third-order valence-electron chi connectivity index (χ3n) is 2.72. The van der Waals surface area contributed by atoms with Crippen molar-refractivity contribution in [2.45, 2.75) is 31.6 Å². The molecule has 0 aliphatic carbocycles. The number of nitrogens with one attached hydrogen (secondary N) is 1. The highest BCUT2D eigenvalue weighted by molar-refractivity contribution is 7.90. The highest BCUT2D eigenvalue weighted by Crippen LogP contribution is 2.16. The van der Waals surface area contributed by atoms with Crippen LogP contribution < -0.4 is 5.32 Å². The van der Waals surface area contributed by atoms with Crippen LogP contribution in [-0.2, 0) is 10.0 Å². The number of aryl methyl sites for hydroxylation is 1. The summed E-state index contributed by atoms with van der Waals surface area (Å²) in [5, 5.41) is 11.3. The molecule has 7 nitrogen and oxygen atoms in total. The molecule has 0 aliphatic rings. The van der Waals surface area contributed by atoms with Crippen molar-refractivity contribution >= 4 is 22.1 Å². The summed E-state index contributed by atoms with van der Waals surface area (Å²) in [6.07, 6.45) is -0.424. The van der Waals surface area contributed by atoms with E-state index in [1.807, 2.05) is 6.92 Å². The molecule has 0 bridgehead atoms. The highest BCUT2D eigenvalue weighted by atomic mass is 32.2. The van der Waals surface area contributed by atoms with Crippen LogP contribution in [-0.4, -0.2) is 36.5 Å². The maximum Gasteiger partial charge on any atom is 0.430 e. The minimum atomic E-state index is -4.43. The molecule has 0 aliphatic heterocycles. The lowest BCUT2D eigenvalue weighted by atomic mass is 10.2. The van der Waals surface area contributed by atoms with Gasteiger partial charge in [0.2, 0.25) is 0 Å². The van der Waals surface area contributed by atoms with Gasteiger partial charge in [0, 0.05) is 6.54 Å². The number of rotatable bonds is 5. The van der Waals surface area contributed by atoms with Gasteiger partial charge in [-0.1, -0.05) is 31.0 Å². The molecule has 1 rings (SSSR count). The number of hydrogen-bond acceptors (Lipinski definition) is 4. The maximum absolute atomic E-state index is 12.2. The number of carbonyl (C=O) groups is 2. The summed E-state index contributed by atoms with van der Waals surface area (Å²) < 4.78 is 24.3. The minimum absolute atomic E-state index is 0.173. The second-order valence-corrected chi connectivity index (χ2v) is 6.24. The third kappa shape index (κ3) is 4.19. The average molecular weight is 314 g/mol. The molecule has 1 aromatic rings. The van der Waals surface area contributed by atoms with Gasteiger partial charge in [-0.25, -0.2) is 18.0 Å². The van der Waals surface area contributed by atoms with Crippen LogP contribution in [0.1, 0.15) is 25.3 Å². The SMILES string of the molecule is CCCCNC(=O)N(C(=O)O)S(=O)(=O)c1ccc(C)cc1. The molecular weight excluding hydrogens is 296 g/mol. The number of unbranched alkanes of at least 4 members (excludes halogenated alkanes) is 1. The zero-order valence-electron chi connectivity index (χ0n) is 11.9. The predicted molar refractivity (Wildman–Crippen MR) is 76.5 cm³/mol. The van der Waals surface area contributed by atoms with Crippen LogP contribution in [0.15, 0.2) is 29.2 Å². The fourth-order valence-electron chi connectivity index (χ4n) is 1.56. The van der Waals surface area contributed by atoms with Gasteiger partial charge in [0.1, 0.15) is 0 Å². The van der Waals surface area contributed by atoms with E-state index in [9.17, 15) is 18.0 Å². The summed E-state index contributed by atoms with van der Waals surface area (Å²) in [7, 11) is -4.43. The van der Waals surface area contributed by atoms with Gasteiger partial charge in [0.25, 0.3) is 10.0 Å². The zero-order valence-corrected chi connectivity index (χ0v) is 12.7. The molecule has 0 saturated heterocycles. The van der Waals surface area contributed by atoms with E-state index in [1.165, 1.54) is 24.3 Å². The molecule has 0 fully saturated rings. The van der Waals surface area contributed by atoms with Gasteiger partial charge in [-0.05, 0) is 25.5 Å². The van der Waals surface area contributed by atoms with Crippen LogP contribution in [0.2, 0.25) is 0 Å². The Bertz CT molecular complexity index is 610. The molecule has 2 N–H and O–H groups in total. The molecule has 116 valence electrons. The summed E-state index contributed by atoms with van der Waals surface area (Å²) in [4.78, 5) is 22.7. The zero-order chi connectivity index (χ0) is 16.0. The summed E-state index contributed by atoms with van der Waals surface area (Å²) in [6.45, 7) is 3.87. The van der Waals surface area contributed by atoms with Crippen molar-refractivity contribution in [2.24, 2.45) is 0 Å². The molecule has 0 unspecified atom stereocenters. The monoisotopic (exact) mass is 314 g/mol. The molecule has 0 heterocycles. The molecule has 0 radical (unpaired) electrons. The fraction of sp³-hybridized carbons (Fsp3) is 0.385. The van der Waals surface area contributed by atoms with Gasteiger partial charge < -0.3 is 10.4 Å². The van der Waals surface area contributed by atoms with Crippen LogP contribution in [0.5, 0.6) is 0 Å². The van der Waals surface area contributed by atoms with Crippen LogP contribution in [0.25, 0.3) is 0 Å². The maximum atomic E-state index is 12.2. The van der Waals surface area contributed by atoms with E-state index in [-0.39, 0.29) is 15.7 Å². The Labute approximate surface area is 123 Å². The Morgan fingerprint density at radius 1 is 1.24 bits per heavy atom. The molecule has 8 heteroatoms. The summed E-state index contributed by atoms with van der Waals surface area (Å²) in [6, 6.07) is 4.42. The summed E-state index contributed by atoms with van der Waals surface area (Å²) in [5.41, 5.74) is 0.822. The number of carbonyl (C=O) groups excluding carboxylic acids is 1. The molecule has 21 heavy (non-hydrogen) atoms. The molecule has 0 aromatic heterocycles. The molecule has 3 amide bonds. The fourth-order valence-corrected chi connectivity index (χ4v) is 2.74. The Morgan fingerprint density at radius 2 is 1.81 bits per heavy atom. The lowest BCUT2D eigenvalue weighted by Crippen LogP contribution is -2.46. The minimum Gasteiger partial charge on any atom is -0.464 e. The Morgan fingerprint density at radius 3 is 2.29 bits per heavy atom. The molecule has 0 saturated carbocycles. The Hall–Kier alpha value is -2.09. The topological polar surface area (TPSA) is 104 Å². The van der Waals surface area contributed by atoms with Crippen molar-refractivity contribution < 1.29 is 23.1 Å². The number of urea groups is 1. The number of sulfonamides is 1. The first-order valence-electron chi connectivity index (χ1n) is 6.43. The number of imide groups is 1. The van der Waals surface area contributed by atoms with Gasteiger partial charge in [-0.15, -0.1) is 4.31 Å². The van der Waals surface area contributed by atoms with E-state index in [4.69, 9.17) is 5.11 Å². The first-order valence-corrected chi connectivity index (χ1v) is 7.87. The van der Waals surface area contributed by atoms with Crippen molar-refractivity contribution in [3.05, 3.63) is 29.8 Å². The van der Waals surface area contributed by atoms with E-state index in [0.29, 0.717) is 6.42 Å². The standard InChI is InChI=1S/C13H18N2O5S/c1-3-4-9-14-12(16)15(13(17)18)21(19,20)11-7-5-10(2)6-8-11/h5-8H,3-4,9H2,1-2H3,(H,14,16)(H,17,18). The Kier molecular flexibility index (Phi) is 5.71. The third-order valence-corrected chi connectivity index (χ3v) is 4.39. The van der Waals surface area contributed by atoms with Crippen molar-refractivity contribution in [2.75, 3.05) is 6.54 Å². The molecule has 0 spiro atoms. The largest absolute Gasteiger partial charge is 0.464 e. The van der Waals surface area contributed by atoms with Gasteiger partial charge >= 0.3 is 12.1 Å². The summed E-state index contributed by atoms with van der Waals surface area (Å²) >= 11 is 0. The van der Waals surface area contributed by atoms with Crippen molar-refractivity contribution in [3.63, 3.8) is 0 Å². The molecule has 1 aromatic carbocycles. The van der Waals surface area contributed by atoms with E-state index in [2.05, 4.69) is 5.32 Å². The van der Waals surface area contributed by atoms with Crippen LogP contribution in [0.3, 0.4) is 0 Å². The lowest BCUT2D eigenvalue weighted by Gasteiger charge is -2.18. The van der Waals surface area contributed by atoms with E-state index in [1.54, 1.807) is 6.92 Å². The first kappa shape index (κ1) is 17.0. The number of amides is 3. The van der Waals surface area contributed by atoms with Gasteiger partial charge in [-0.2, -0.15) is 0 Å². The van der Waals surface area contributed by atoms with Crippen molar-refractivity contribution in [3.8, 4) is 0 Å². The second kappa shape index (κ2) is 7.07. The molecule has 0 atom stereocenters. The number of nitrogens with zero attached hydrogens (tertiary/aromatic N) is 1. The normalized spacial score (nSPS) is 11.0. The van der Waals surface area contributed by atoms with Crippen LogP contribution in [0.4, 0.5) is 9.59 Å².